The zero-order valence-corrected chi connectivity index (χ0v) is 25.3. The largest absolute Gasteiger partial charge is 0.487 e. The van der Waals surface area contributed by atoms with Gasteiger partial charge in [0.2, 0.25) is 0 Å². The summed E-state index contributed by atoms with van der Waals surface area (Å²) < 4.78 is 13.2. The van der Waals surface area contributed by atoms with Crippen LogP contribution in [0, 0.1) is 35.2 Å². The summed E-state index contributed by atoms with van der Waals surface area (Å²) in [5.41, 5.74) is 3.21. The minimum atomic E-state index is -0.267. The molecule has 1 heterocycles. The van der Waals surface area contributed by atoms with E-state index in [0.717, 1.165) is 57.5 Å². The molecule has 2 rings (SSSR count). The Morgan fingerprint density at radius 3 is 2.09 bits per heavy atom. The van der Waals surface area contributed by atoms with Gasteiger partial charge < -0.3 is 9.47 Å². The van der Waals surface area contributed by atoms with E-state index in [1.54, 1.807) is 0 Å². The number of halogens is 1. The second-order valence-corrected chi connectivity index (χ2v) is 12.8. The molecule has 3 atom stereocenters. The third-order valence-electron chi connectivity index (χ3n) is 7.75. The van der Waals surface area contributed by atoms with E-state index in [9.17, 15) is 4.79 Å². The van der Waals surface area contributed by atoms with E-state index in [2.05, 4.69) is 64.1 Å². The van der Waals surface area contributed by atoms with Crippen LogP contribution in [0.15, 0.2) is 0 Å². The van der Waals surface area contributed by atoms with Crippen molar-refractivity contribution in [3.05, 3.63) is 20.3 Å². The van der Waals surface area contributed by atoms with Crippen molar-refractivity contribution in [3.63, 3.8) is 0 Å². The minimum absolute atomic E-state index is 0.110. The van der Waals surface area contributed by atoms with Crippen molar-refractivity contribution in [1.29, 1.82) is 0 Å². The second kappa shape index (κ2) is 13.5. The van der Waals surface area contributed by atoms with Crippen molar-refractivity contribution in [2.45, 2.75) is 132 Å². The smallest absolute Gasteiger partial charge is 0.308 e. The molecule has 3 unspecified atom stereocenters. The standard InChI is InChI=1S/C30H49IO3/c1-20(2)12-9-13-21(3)14-10-15-22(4)16-11-18-30(8)19-17-26-27(31)29(33-25(7)32)24(6)23(5)28(26)34-30/h20-22H,9-19H2,1-8H3. The maximum absolute atomic E-state index is 11.6. The molecule has 34 heavy (non-hydrogen) atoms. The predicted octanol–water partition coefficient (Wildman–Crippen LogP) is 9.36. The number of carbonyl (C=O) groups is 1. The molecular formula is C30H49IO3. The number of rotatable bonds is 13. The van der Waals surface area contributed by atoms with Crippen LogP contribution in [-0.2, 0) is 11.2 Å². The van der Waals surface area contributed by atoms with Gasteiger partial charge in [-0.15, -0.1) is 0 Å². The number of esters is 1. The Hall–Kier alpha value is -0.780. The number of fused-ring (bicyclic) bond motifs is 1. The molecule has 1 aliphatic heterocycles. The topological polar surface area (TPSA) is 35.5 Å². The lowest BCUT2D eigenvalue weighted by Crippen LogP contribution is -2.37. The van der Waals surface area contributed by atoms with Gasteiger partial charge in [0, 0.05) is 12.5 Å². The van der Waals surface area contributed by atoms with E-state index in [0.29, 0.717) is 5.75 Å². The van der Waals surface area contributed by atoms with E-state index in [-0.39, 0.29) is 11.6 Å². The Morgan fingerprint density at radius 1 is 0.971 bits per heavy atom. The third kappa shape index (κ3) is 8.71. The highest BCUT2D eigenvalue weighted by Gasteiger charge is 2.35. The lowest BCUT2D eigenvalue weighted by atomic mass is 9.85. The molecule has 0 aliphatic carbocycles. The first-order valence-electron chi connectivity index (χ1n) is 13.6. The summed E-state index contributed by atoms with van der Waals surface area (Å²) in [6, 6.07) is 0. The SMILES string of the molecule is CC(=O)Oc1c(C)c(C)c2c(c1I)CCC(C)(CCCC(C)CCCC(C)CCCC(C)C)O2. The Morgan fingerprint density at radius 2 is 1.53 bits per heavy atom. The fourth-order valence-corrected chi connectivity index (χ4v) is 6.29. The van der Waals surface area contributed by atoms with Crippen LogP contribution in [0.3, 0.4) is 0 Å². The van der Waals surface area contributed by atoms with Gasteiger partial charge in [-0.05, 0) is 97.9 Å². The summed E-state index contributed by atoms with van der Waals surface area (Å²) in [6.45, 7) is 17.4. The fourth-order valence-electron chi connectivity index (χ4n) is 5.26. The van der Waals surface area contributed by atoms with Gasteiger partial charge in [-0.2, -0.15) is 0 Å². The molecule has 0 amide bonds. The molecule has 3 nitrogen and oxygen atoms in total. The first-order chi connectivity index (χ1) is 15.9. The van der Waals surface area contributed by atoms with Crippen molar-refractivity contribution in [2.24, 2.45) is 17.8 Å². The molecule has 0 radical (unpaired) electrons. The number of hydrogen-bond acceptors (Lipinski definition) is 3. The molecule has 0 saturated carbocycles. The number of carbonyl (C=O) groups excluding carboxylic acids is 1. The van der Waals surface area contributed by atoms with Crippen molar-refractivity contribution in [1.82, 2.24) is 0 Å². The molecule has 0 saturated heterocycles. The summed E-state index contributed by atoms with van der Waals surface area (Å²) in [5, 5.41) is 0. The molecule has 194 valence electrons. The zero-order valence-electron chi connectivity index (χ0n) is 23.1. The van der Waals surface area contributed by atoms with Gasteiger partial charge >= 0.3 is 5.97 Å². The fraction of sp³-hybridized carbons (Fsp3) is 0.767. The molecule has 0 fully saturated rings. The number of hydrogen-bond donors (Lipinski definition) is 0. The van der Waals surface area contributed by atoms with E-state index >= 15 is 0 Å². The Labute approximate surface area is 223 Å². The van der Waals surface area contributed by atoms with Gasteiger partial charge in [0.15, 0.2) is 0 Å². The molecule has 4 heteroatoms. The first-order valence-corrected chi connectivity index (χ1v) is 14.7. The molecule has 1 aromatic carbocycles. The van der Waals surface area contributed by atoms with Gasteiger partial charge in [0.1, 0.15) is 17.1 Å². The molecule has 0 aromatic heterocycles. The van der Waals surface area contributed by atoms with Gasteiger partial charge in [0.25, 0.3) is 0 Å². The van der Waals surface area contributed by atoms with Crippen LogP contribution >= 0.6 is 22.6 Å². The van der Waals surface area contributed by atoms with E-state index < -0.39 is 0 Å². The quantitative estimate of drug-likeness (QED) is 0.132. The van der Waals surface area contributed by atoms with E-state index in [1.165, 1.54) is 63.9 Å². The molecule has 0 bridgehead atoms. The molecule has 0 spiro atoms. The van der Waals surface area contributed by atoms with Gasteiger partial charge in [-0.1, -0.05) is 72.6 Å². The molecule has 1 aliphatic rings. The van der Waals surface area contributed by atoms with Crippen molar-refractivity contribution < 1.29 is 14.3 Å². The van der Waals surface area contributed by atoms with E-state index in [4.69, 9.17) is 9.47 Å². The second-order valence-electron chi connectivity index (χ2n) is 11.7. The molecular weight excluding hydrogens is 535 g/mol. The van der Waals surface area contributed by atoms with Crippen molar-refractivity contribution in [2.75, 3.05) is 0 Å². The Bertz CT molecular complexity index is 816. The number of ether oxygens (including phenoxy) is 2. The lowest BCUT2D eigenvalue weighted by molar-refractivity contribution is -0.132. The van der Waals surface area contributed by atoms with Crippen LogP contribution < -0.4 is 9.47 Å². The Kier molecular flexibility index (Phi) is 11.7. The van der Waals surface area contributed by atoms with Gasteiger partial charge in [-0.25, -0.2) is 0 Å². The molecule has 0 N–H and O–H groups in total. The monoisotopic (exact) mass is 584 g/mol. The Balaban J connectivity index is 1.82. The minimum Gasteiger partial charge on any atom is -0.487 e. The van der Waals surface area contributed by atoms with Gasteiger partial charge in [0.05, 0.1) is 3.57 Å². The van der Waals surface area contributed by atoms with Gasteiger partial charge in [-0.3, -0.25) is 4.79 Å². The summed E-state index contributed by atoms with van der Waals surface area (Å²) in [7, 11) is 0. The average Bonchev–Trinajstić information content (AvgIpc) is 2.74. The van der Waals surface area contributed by atoms with Crippen LogP contribution in [-0.4, -0.2) is 11.6 Å². The number of benzene rings is 1. The lowest BCUT2D eigenvalue weighted by Gasteiger charge is -2.38. The first kappa shape index (κ1) is 29.5. The van der Waals surface area contributed by atoms with Crippen LogP contribution in [0.2, 0.25) is 0 Å². The third-order valence-corrected chi connectivity index (χ3v) is 8.90. The maximum atomic E-state index is 11.6. The zero-order chi connectivity index (χ0) is 25.5. The summed E-state index contributed by atoms with van der Waals surface area (Å²) in [6.07, 6.45) is 13.9. The van der Waals surface area contributed by atoms with Crippen LogP contribution in [0.4, 0.5) is 0 Å². The van der Waals surface area contributed by atoms with Crippen molar-refractivity contribution in [3.8, 4) is 11.5 Å². The summed E-state index contributed by atoms with van der Waals surface area (Å²) in [5.74, 6) is 3.96. The summed E-state index contributed by atoms with van der Waals surface area (Å²) in [4.78, 5) is 11.6. The van der Waals surface area contributed by atoms with Crippen LogP contribution in [0.1, 0.15) is 122 Å². The highest BCUT2D eigenvalue weighted by molar-refractivity contribution is 14.1. The van der Waals surface area contributed by atoms with Crippen LogP contribution in [0.25, 0.3) is 0 Å². The molecule has 1 aromatic rings. The van der Waals surface area contributed by atoms with E-state index in [1.807, 2.05) is 6.92 Å². The highest BCUT2D eigenvalue weighted by Crippen LogP contribution is 2.45. The predicted molar refractivity (Wildman–Crippen MR) is 152 cm³/mol. The average molecular weight is 585 g/mol. The maximum Gasteiger partial charge on any atom is 0.308 e. The van der Waals surface area contributed by atoms with Crippen molar-refractivity contribution >= 4 is 28.6 Å². The summed E-state index contributed by atoms with van der Waals surface area (Å²) >= 11 is 2.32. The normalized spacial score (nSPS) is 19.5. The van der Waals surface area contributed by atoms with Crippen LogP contribution in [0.5, 0.6) is 11.5 Å². The highest BCUT2D eigenvalue weighted by atomic mass is 127.